The lowest BCUT2D eigenvalue weighted by atomic mass is 10.2. The van der Waals surface area contributed by atoms with Gasteiger partial charge in [-0.3, -0.25) is 0 Å². The van der Waals surface area contributed by atoms with E-state index in [0.29, 0.717) is 6.54 Å². The molecular formula is C20H26N6O. The van der Waals surface area contributed by atoms with E-state index in [-0.39, 0.29) is 6.03 Å². The lowest BCUT2D eigenvalue weighted by Crippen LogP contribution is -2.32. The van der Waals surface area contributed by atoms with Gasteiger partial charge in [0.1, 0.15) is 5.82 Å². The first-order chi connectivity index (χ1) is 12.9. The molecule has 0 fully saturated rings. The van der Waals surface area contributed by atoms with E-state index in [0.717, 1.165) is 41.4 Å². The van der Waals surface area contributed by atoms with Crippen molar-refractivity contribution < 1.29 is 4.79 Å². The average Bonchev–Trinajstić information content (AvgIpc) is 3.20. The van der Waals surface area contributed by atoms with Crippen LogP contribution >= 0.6 is 0 Å². The standard InChI is InChI=1S/C20H26N6O/c1-15-14-16(2)26(23-15)18-9-7-17(8-10-18)22-20(27)25(4)12-5-6-19-21-11-13-24(19)3/h7-11,13-14H,5-6,12H2,1-4H3,(H,22,27). The molecule has 0 saturated carbocycles. The van der Waals surface area contributed by atoms with E-state index in [2.05, 4.69) is 15.4 Å². The lowest BCUT2D eigenvalue weighted by Gasteiger charge is -2.18. The fraction of sp³-hybridized carbons (Fsp3) is 0.350. The van der Waals surface area contributed by atoms with Gasteiger partial charge in [0.2, 0.25) is 0 Å². The van der Waals surface area contributed by atoms with Crippen LogP contribution < -0.4 is 5.32 Å². The number of urea groups is 1. The minimum Gasteiger partial charge on any atom is -0.338 e. The zero-order valence-corrected chi connectivity index (χ0v) is 16.3. The molecule has 2 aromatic heterocycles. The molecule has 3 aromatic rings. The number of aromatic nitrogens is 4. The highest BCUT2D eigenvalue weighted by Crippen LogP contribution is 2.16. The third kappa shape index (κ3) is 4.55. The van der Waals surface area contributed by atoms with Crippen LogP contribution in [0, 0.1) is 13.8 Å². The highest BCUT2D eigenvalue weighted by Gasteiger charge is 2.10. The summed E-state index contributed by atoms with van der Waals surface area (Å²) in [7, 11) is 3.78. The number of hydrogen-bond donors (Lipinski definition) is 1. The number of imidazole rings is 1. The lowest BCUT2D eigenvalue weighted by molar-refractivity contribution is 0.222. The summed E-state index contributed by atoms with van der Waals surface area (Å²) in [5.41, 5.74) is 3.80. The molecule has 1 N–H and O–H groups in total. The SMILES string of the molecule is Cc1cc(C)n(-c2ccc(NC(=O)N(C)CCCc3nccn3C)cc2)n1. The van der Waals surface area contributed by atoms with Gasteiger partial charge >= 0.3 is 6.03 Å². The molecule has 0 aliphatic heterocycles. The molecule has 3 rings (SSSR count). The number of anilines is 1. The second-order valence-electron chi connectivity index (χ2n) is 6.80. The number of amides is 2. The summed E-state index contributed by atoms with van der Waals surface area (Å²) in [6, 6.07) is 9.62. The van der Waals surface area contributed by atoms with E-state index in [4.69, 9.17) is 0 Å². The normalized spacial score (nSPS) is 10.8. The summed E-state index contributed by atoms with van der Waals surface area (Å²) in [6.45, 7) is 4.67. The van der Waals surface area contributed by atoms with Crippen molar-refractivity contribution >= 4 is 11.7 Å². The van der Waals surface area contributed by atoms with Gasteiger partial charge in [-0.1, -0.05) is 0 Å². The Morgan fingerprint density at radius 3 is 2.56 bits per heavy atom. The van der Waals surface area contributed by atoms with Gasteiger partial charge < -0.3 is 14.8 Å². The molecule has 0 aliphatic rings. The number of carbonyl (C=O) groups is 1. The smallest absolute Gasteiger partial charge is 0.321 e. The number of nitrogens with zero attached hydrogens (tertiary/aromatic N) is 5. The number of benzene rings is 1. The van der Waals surface area contributed by atoms with Crippen LogP contribution in [0.5, 0.6) is 0 Å². The van der Waals surface area contributed by atoms with Crippen LogP contribution in [0.3, 0.4) is 0 Å². The van der Waals surface area contributed by atoms with Gasteiger partial charge in [-0.25, -0.2) is 14.5 Å². The maximum Gasteiger partial charge on any atom is 0.321 e. The van der Waals surface area contributed by atoms with Crippen LogP contribution in [0.4, 0.5) is 10.5 Å². The van der Waals surface area contributed by atoms with Crippen LogP contribution in [-0.2, 0) is 13.5 Å². The van der Waals surface area contributed by atoms with Crippen molar-refractivity contribution in [2.24, 2.45) is 7.05 Å². The molecule has 0 bridgehead atoms. The Morgan fingerprint density at radius 2 is 1.96 bits per heavy atom. The van der Waals surface area contributed by atoms with E-state index < -0.39 is 0 Å². The van der Waals surface area contributed by atoms with Gasteiger partial charge in [-0.2, -0.15) is 5.10 Å². The Kier molecular flexibility index (Phi) is 5.59. The summed E-state index contributed by atoms with van der Waals surface area (Å²) in [4.78, 5) is 18.4. The van der Waals surface area contributed by atoms with Crippen LogP contribution in [0.15, 0.2) is 42.7 Å². The Bertz CT molecular complexity index is 909. The number of rotatable bonds is 6. The van der Waals surface area contributed by atoms with E-state index in [1.807, 2.05) is 66.7 Å². The second-order valence-corrected chi connectivity index (χ2v) is 6.80. The third-order valence-electron chi connectivity index (χ3n) is 4.53. The van der Waals surface area contributed by atoms with Crippen molar-refractivity contribution in [3.05, 3.63) is 59.9 Å². The predicted octanol–water partition coefficient (Wildman–Crippen LogP) is 3.32. The zero-order chi connectivity index (χ0) is 19.4. The largest absolute Gasteiger partial charge is 0.338 e. The maximum absolute atomic E-state index is 12.4. The predicted molar refractivity (Wildman–Crippen MR) is 106 cm³/mol. The minimum absolute atomic E-state index is 0.117. The summed E-state index contributed by atoms with van der Waals surface area (Å²) < 4.78 is 3.90. The van der Waals surface area contributed by atoms with Gasteiger partial charge in [0.05, 0.1) is 11.4 Å². The molecule has 27 heavy (non-hydrogen) atoms. The molecule has 2 amide bonds. The minimum atomic E-state index is -0.117. The van der Waals surface area contributed by atoms with Crippen LogP contribution in [0.1, 0.15) is 23.6 Å². The molecule has 1 aromatic carbocycles. The molecule has 0 radical (unpaired) electrons. The Labute approximate surface area is 159 Å². The number of aryl methyl sites for hydroxylation is 4. The molecule has 7 heteroatoms. The van der Waals surface area contributed by atoms with Gasteiger partial charge in [0, 0.05) is 50.8 Å². The molecule has 2 heterocycles. The van der Waals surface area contributed by atoms with Gasteiger partial charge in [-0.05, 0) is 50.6 Å². The molecule has 0 aliphatic carbocycles. The first-order valence-corrected chi connectivity index (χ1v) is 9.06. The average molecular weight is 366 g/mol. The summed E-state index contributed by atoms with van der Waals surface area (Å²) in [5, 5.41) is 7.41. The Hall–Kier alpha value is -3.09. The number of nitrogens with one attached hydrogen (secondary N) is 1. The first kappa shape index (κ1) is 18.7. The summed E-state index contributed by atoms with van der Waals surface area (Å²) >= 11 is 0. The second kappa shape index (κ2) is 8.07. The van der Waals surface area contributed by atoms with E-state index in [9.17, 15) is 4.79 Å². The van der Waals surface area contributed by atoms with Crippen molar-refractivity contribution in [1.82, 2.24) is 24.2 Å². The van der Waals surface area contributed by atoms with Gasteiger partial charge in [0.25, 0.3) is 0 Å². The van der Waals surface area contributed by atoms with Crippen molar-refractivity contribution in [2.75, 3.05) is 18.9 Å². The molecule has 0 spiro atoms. The fourth-order valence-electron chi connectivity index (χ4n) is 3.01. The highest BCUT2D eigenvalue weighted by molar-refractivity contribution is 5.89. The van der Waals surface area contributed by atoms with Crippen molar-refractivity contribution in [1.29, 1.82) is 0 Å². The fourth-order valence-corrected chi connectivity index (χ4v) is 3.01. The Balaban J connectivity index is 1.52. The van der Waals surface area contributed by atoms with E-state index in [1.54, 1.807) is 18.1 Å². The molecule has 0 atom stereocenters. The number of carbonyl (C=O) groups excluding carboxylic acids is 1. The van der Waals surface area contributed by atoms with Gasteiger partial charge in [0.15, 0.2) is 0 Å². The van der Waals surface area contributed by atoms with Crippen molar-refractivity contribution in [3.63, 3.8) is 0 Å². The molecule has 142 valence electrons. The zero-order valence-electron chi connectivity index (χ0n) is 16.3. The third-order valence-corrected chi connectivity index (χ3v) is 4.53. The van der Waals surface area contributed by atoms with E-state index >= 15 is 0 Å². The number of hydrogen-bond acceptors (Lipinski definition) is 3. The van der Waals surface area contributed by atoms with Crippen LogP contribution in [0.2, 0.25) is 0 Å². The topological polar surface area (TPSA) is 68.0 Å². The molecule has 0 unspecified atom stereocenters. The molecule has 7 nitrogen and oxygen atoms in total. The Morgan fingerprint density at radius 1 is 1.22 bits per heavy atom. The summed E-state index contributed by atoms with van der Waals surface area (Å²) in [6.07, 6.45) is 5.44. The maximum atomic E-state index is 12.4. The first-order valence-electron chi connectivity index (χ1n) is 9.06. The molecular weight excluding hydrogens is 340 g/mol. The summed E-state index contributed by atoms with van der Waals surface area (Å²) in [5.74, 6) is 1.03. The van der Waals surface area contributed by atoms with Crippen LogP contribution in [0.25, 0.3) is 5.69 Å². The van der Waals surface area contributed by atoms with E-state index in [1.165, 1.54) is 0 Å². The van der Waals surface area contributed by atoms with Crippen molar-refractivity contribution in [2.45, 2.75) is 26.7 Å². The monoisotopic (exact) mass is 366 g/mol. The quantitative estimate of drug-likeness (QED) is 0.728. The molecule has 0 saturated heterocycles. The highest BCUT2D eigenvalue weighted by atomic mass is 16.2. The van der Waals surface area contributed by atoms with Crippen LogP contribution in [-0.4, -0.2) is 43.9 Å². The van der Waals surface area contributed by atoms with Crippen molar-refractivity contribution in [3.8, 4) is 5.69 Å². The van der Waals surface area contributed by atoms with Gasteiger partial charge in [-0.15, -0.1) is 0 Å².